The number of pyridine rings is 1. The number of rotatable bonds is 5. The van der Waals surface area contributed by atoms with Gasteiger partial charge in [-0.2, -0.15) is 0 Å². The highest BCUT2D eigenvalue weighted by molar-refractivity contribution is 9.10. The van der Waals surface area contributed by atoms with Crippen LogP contribution in [0.1, 0.15) is 10.4 Å². The number of phenolic OH excluding ortho intramolecular Hbond substituents is 1. The van der Waals surface area contributed by atoms with Gasteiger partial charge in [-0.1, -0.05) is 15.9 Å². The number of ether oxygens (including phenoxy) is 2. The van der Waals surface area contributed by atoms with Crippen molar-refractivity contribution in [2.75, 3.05) is 13.7 Å². The van der Waals surface area contributed by atoms with Gasteiger partial charge in [-0.15, -0.1) is 0 Å². The van der Waals surface area contributed by atoms with Gasteiger partial charge in [-0.3, -0.25) is 4.79 Å². The number of nitrogens with zero attached hydrogens (tertiary/aromatic N) is 1. The second kappa shape index (κ2) is 6.38. The Hall–Kier alpha value is -2.08. The molecule has 104 valence electrons. The molecule has 0 aliphatic rings. The van der Waals surface area contributed by atoms with Crippen LogP contribution in [0.5, 0.6) is 17.4 Å². The maximum atomic E-state index is 11.9. The number of hydrogen-bond donors (Lipinski definition) is 1. The quantitative estimate of drug-likeness (QED) is 0.849. The summed E-state index contributed by atoms with van der Waals surface area (Å²) in [5.74, 6) is 0.426. The summed E-state index contributed by atoms with van der Waals surface area (Å²) in [4.78, 5) is 15.9. The lowest BCUT2D eigenvalue weighted by atomic mass is 10.2. The first kappa shape index (κ1) is 14.3. The second-order valence-corrected chi connectivity index (χ2v) is 4.83. The number of ketones is 1. The third-order valence-corrected chi connectivity index (χ3v) is 3.04. The van der Waals surface area contributed by atoms with Crippen molar-refractivity contribution >= 4 is 21.7 Å². The number of aromatic hydroxyl groups is 1. The number of methoxy groups -OCH3 is 1. The predicted octanol–water partition coefficient (Wildman–Crippen LogP) is 2.82. The fourth-order valence-electron chi connectivity index (χ4n) is 1.50. The van der Waals surface area contributed by atoms with Crippen LogP contribution in [0.2, 0.25) is 0 Å². The van der Waals surface area contributed by atoms with Crippen LogP contribution >= 0.6 is 15.9 Å². The zero-order chi connectivity index (χ0) is 14.5. The average Bonchev–Trinajstić information content (AvgIpc) is 2.48. The highest BCUT2D eigenvalue weighted by Gasteiger charge is 2.10. The van der Waals surface area contributed by atoms with Crippen LogP contribution in [0.4, 0.5) is 0 Å². The zero-order valence-electron chi connectivity index (χ0n) is 10.7. The number of halogens is 1. The molecule has 0 fully saturated rings. The molecule has 0 aliphatic heterocycles. The average molecular weight is 338 g/mol. The summed E-state index contributed by atoms with van der Waals surface area (Å²) < 4.78 is 11.0. The Morgan fingerprint density at radius 1 is 1.35 bits per heavy atom. The molecule has 0 saturated carbocycles. The Morgan fingerprint density at radius 3 is 2.80 bits per heavy atom. The van der Waals surface area contributed by atoms with Gasteiger partial charge in [0.1, 0.15) is 0 Å². The summed E-state index contributed by atoms with van der Waals surface area (Å²) >= 11 is 3.26. The number of hydrogen-bond acceptors (Lipinski definition) is 5. The molecule has 1 N–H and O–H groups in total. The number of aromatic nitrogens is 1. The third-order valence-electron chi connectivity index (χ3n) is 2.55. The molecule has 0 aliphatic carbocycles. The van der Waals surface area contributed by atoms with E-state index in [1.54, 1.807) is 24.3 Å². The van der Waals surface area contributed by atoms with Crippen LogP contribution in [0, 0.1) is 0 Å². The first-order chi connectivity index (χ1) is 9.60. The van der Waals surface area contributed by atoms with Crippen LogP contribution in [0.15, 0.2) is 41.0 Å². The summed E-state index contributed by atoms with van der Waals surface area (Å²) in [6, 6.07) is 7.97. The van der Waals surface area contributed by atoms with Gasteiger partial charge in [-0.25, -0.2) is 4.98 Å². The van der Waals surface area contributed by atoms with Crippen LogP contribution in [-0.2, 0) is 0 Å². The minimum absolute atomic E-state index is 0.0196. The van der Waals surface area contributed by atoms with Crippen molar-refractivity contribution in [1.82, 2.24) is 4.98 Å². The molecule has 0 amide bonds. The minimum Gasteiger partial charge on any atom is -0.504 e. The van der Waals surface area contributed by atoms with E-state index in [0.717, 1.165) is 4.47 Å². The van der Waals surface area contributed by atoms with E-state index in [1.165, 1.54) is 19.4 Å². The summed E-state index contributed by atoms with van der Waals surface area (Å²) in [5, 5.41) is 9.60. The van der Waals surface area contributed by atoms with Gasteiger partial charge < -0.3 is 14.6 Å². The lowest BCUT2D eigenvalue weighted by Crippen LogP contribution is -2.12. The lowest BCUT2D eigenvalue weighted by molar-refractivity contribution is 0.0919. The van der Waals surface area contributed by atoms with E-state index >= 15 is 0 Å². The van der Waals surface area contributed by atoms with Gasteiger partial charge in [0.15, 0.2) is 18.1 Å². The Bertz CT molecular complexity index is 613. The van der Waals surface area contributed by atoms with Gasteiger partial charge in [0.2, 0.25) is 11.7 Å². The van der Waals surface area contributed by atoms with Gasteiger partial charge in [-0.05, 0) is 24.3 Å². The Morgan fingerprint density at radius 2 is 2.15 bits per heavy atom. The maximum absolute atomic E-state index is 11.9. The number of carbonyl (C=O) groups is 1. The first-order valence-corrected chi connectivity index (χ1v) is 6.54. The standard InChI is InChI=1S/C14H12BrNO4/c1-19-14-5-2-9(7-16-14)12(18)8-20-13-6-10(15)3-4-11(13)17/h2-7,17H,8H2,1H3. The minimum atomic E-state index is -0.237. The predicted molar refractivity (Wildman–Crippen MR) is 76.4 cm³/mol. The largest absolute Gasteiger partial charge is 0.504 e. The van der Waals surface area contributed by atoms with Crippen LogP contribution in [0.3, 0.4) is 0 Å². The van der Waals surface area contributed by atoms with E-state index in [-0.39, 0.29) is 23.9 Å². The van der Waals surface area contributed by atoms with E-state index in [2.05, 4.69) is 20.9 Å². The first-order valence-electron chi connectivity index (χ1n) is 5.74. The van der Waals surface area contributed by atoms with Crippen molar-refractivity contribution in [3.63, 3.8) is 0 Å². The van der Waals surface area contributed by atoms with Gasteiger partial charge in [0, 0.05) is 22.3 Å². The number of phenols is 1. The van der Waals surface area contributed by atoms with Crippen molar-refractivity contribution in [3.8, 4) is 17.4 Å². The molecule has 1 heterocycles. The van der Waals surface area contributed by atoms with Crippen molar-refractivity contribution in [2.45, 2.75) is 0 Å². The molecule has 5 nitrogen and oxygen atoms in total. The number of Topliss-reactive ketones (excluding diaryl/α,β-unsaturated/α-hetero) is 1. The monoisotopic (exact) mass is 337 g/mol. The second-order valence-electron chi connectivity index (χ2n) is 3.91. The SMILES string of the molecule is COc1ccc(C(=O)COc2cc(Br)ccc2O)cn1. The van der Waals surface area contributed by atoms with Crippen LogP contribution < -0.4 is 9.47 Å². The highest BCUT2D eigenvalue weighted by atomic mass is 79.9. The molecule has 20 heavy (non-hydrogen) atoms. The zero-order valence-corrected chi connectivity index (χ0v) is 12.3. The van der Waals surface area contributed by atoms with E-state index in [1.807, 2.05) is 0 Å². The highest BCUT2D eigenvalue weighted by Crippen LogP contribution is 2.29. The topological polar surface area (TPSA) is 68.7 Å². The van der Waals surface area contributed by atoms with Gasteiger partial charge in [0.25, 0.3) is 0 Å². The molecule has 2 rings (SSSR count). The molecular weight excluding hydrogens is 326 g/mol. The van der Waals surface area contributed by atoms with Crippen molar-refractivity contribution in [2.24, 2.45) is 0 Å². The molecule has 0 spiro atoms. The summed E-state index contributed by atoms with van der Waals surface area (Å²) in [6.45, 7) is -0.183. The van der Waals surface area contributed by atoms with Gasteiger partial charge >= 0.3 is 0 Å². The molecule has 0 radical (unpaired) electrons. The smallest absolute Gasteiger partial charge is 0.212 e. The fraction of sp³-hybridized carbons (Fsp3) is 0.143. The van der Waals surface area contributed by atoms with Crippen molar-refractivity contribution in [3.05, 3.63) is 46.6 Å². The maximum Gasteiger partial charge on any atom is 0.212 e. The third kappa shape index (κ3) is 3.48. The normalized spacial score (nSPS) is 10.1. The van der Waals surface area contributed by atoms with E-state index in [9.17, 15) is 9.90 Å². The molecule has 2 aromatic rings. The molecule has 0 atom stereocenters. The van der Waals surface area contributed by atoms with E-state index in [4.69, 9.17) is 9.47 Å². The van der Waals surface area contributed by atoms with E-state index in [0.29, 0.717) is 11.4 Å². The van der Waals surface area contributed by atoms with Crippen LogP contribution in [-0.4, -0.2) is 29.6 Å². The van der Waals surface area contributed by atoms with Crippen molar-refractivity contribution in [1.29, 1.82) is 0 Å². The fourth-order valence-corrected chi connectivity index (χ4v) is 1.84. The number of carbonyl (C=O) groups excluding carboxylic acids is 1. The number of benzene rings is 1. The molecule has 6 heteroatoms. The Labute approximate surface area is 124 Å². The molecule has 1 aromatic carbocycles. The molecule has 0 unspecified atom stereocenters. The summed E-state index contributed by atoms with van der Waals surface area (Å²) in [7, 11) is 1.50. The van der Waals surface area contributed by atoms with Crippen molar-refractivity contribution < 1.29 is 19.4 Å². The van der Waals surface area contributed by atoms with Crippen LogP contribution in [0.25, 0.3) is 0 Å². The molecular formula is C14H12BrNO4. The van der Waals surface area contributed by atoms with E-state index < -0.39 is 0 Å². The summed E-state index contributed by atoms with van der Waals surface area (Å²) in [5.41, 5.74) is 0.417. The van der Waals surface area contributed by atoms with Gasteiger partial charge in [0.05, 0.1) is 7.11 Å². The molecule has 0 bridgehead atoms. The summed E-state index contributed by atoms with van der Waals surface area (Å²) in [6.07, 6.45) is 1.42. The molecule has 0 saturated heterocycles. The molecule has 1 aromatic heterocycles. The Balaban J connectivity index is 2.02. The lowest BCUT2D eigenvalue weighted by Gasteiger charge is -2.08. The Kier molecular flexibility index (Phi) is 4.57.